The van der Waals surface area contributed by atoms with Crippen molar-refractivity contribution in [1.82, 2.24) is 4.90 Å². The molecule has 1 aliphatic heterocycles. The number of hydrogen-bond donors (Lipinski definition) is 1. The highest BCUT2D eigenvalue weighted by atomic mass is 16.5. The summed E-state index contributed by atoms with van der Waals surface area (Å²) in [6.07, 6.45) is 0. The summed E-state index contributed by atoms with van der Waals surface area (Å²) < 4.78 is 6.00. The normalized spacial score (nSPS) is 17.5. The molecule has 0 spiro atoms. The maximum atomic E-state index is 6.09. The third-order valence-corrected chi connectivity index (χ3v) is 3.12. The molecule has 4 nitrogen and oxygen atoms in total. The lowest BCUT2D eigenvalue weighted by Crippen LogP contribution is -2.48. The van der Waals surface area contributed by atoms with Gasteiger partial charge in [-0.25, -0.2) is 0 Å². The zero-order valence-electron chi connectivity index (χ0n) is 11.7. The number of para-hydroxylation sites is 1. The molecule has 1 aromatic carbocycles. The molecule has 0 atom stereocenters. The average molecular weight is 249 g/mol. The fourth-order valence-electron chi connectivity index (χ4n) is 2.34. The highest BCUT2D eigenvalue weighted by Crippen LogP contribution is 2.40. The first-order chi connectivity index (χ1) is 8.39. The van der Waals surface area contributed by atoms with Gasteiger partial charge >= 0.3 is 0 Å². The maximum absolute atomic E-state index is 6.09. The zero-order chi connectivity index (χ0) is 13.3. The van der Waals surface area contributed by atoms with Crippen LogP contribution in [0.2, 0.25) is 0 Å². The average Bonchev–Trinajstić information content (AvgIpc) is 2.24. The summed E-state index contributed by atoms with van der Waals surface area (Å²) >= 11 is 0. The second-order valence-electron chi connectivity index (χ2n) is 5.78. The quantitative estimate of drug-likeness (QED) is 0.830. The summed E-state index contributed by atoms with van der Waals surface area (Å²) in [5, 5.41) is 0. The molecule has 0 radical (unpaired) electrons. The van der Waals surface area contributed by atoms with E-state index in [2.05, 4.69) is 37.7 Å². The Hall–Kier alpha value is -1.42. The smallest absolute Gasteiger partial charge is 0.145 e. The van der Waals surface area contributed by atoms with Crippen molar-refractivity contribution < 1.29 is 4.74 Å². The summed E-state index contributed by atoms with van der Waals surface area (Å²) in [6, 6.07) is 5.87. The molecule has 18 heavy (non-hydrogen) atoms. The van der Waals surface area contributed by atoms with E-state index < -0.39 is 0 Å². The van der Waals surface area contributed by atoms with Gasteiger partial charge in [0.15, 0.2) is 0 Å². The highest BCUT2D eigenvalue weighted by Gasteiger charge is 2.32. The minimum absolute atomic E-state index is 0.174. The Morgan fingerprint density at radius 3 is 2.78 bits per heavy atom. The first kappa shape index (κ1) is 13.0. The third-order valence-electron chi connectivity index (χ3n) is 3.12. The highest BCUT2D eigenvalue weighted by molar-refractivity contribution is 5.76. The van der Waals surface area contributed by atoms with Crippen molar-refractivity contribution in [3.05, 3.63) is 18.2 Å². The SMILES string of the molecule is CN(C)CCN1CC(C)(C)Oc2cccc(N)c21. The molecule has 1 heterocycles. The summed E-state index contributed by atoms with van der Waals surface area (Å²) in [5.74, 6) is 0.894. The molecule has 0 amide bonds. The molecule has 4 heteroatoms. The Morgan fingerprint density at radius 1 is 1.39 bits per heavy atom. The van der Waals surface area contributed by atoms with Crippen molar-refractivity contribution in [1.29, 1.82) is 0 Å². The Kier molecular flexibility index (Phi) is 3.39. The molecule has 100 valence electrons. The van der Waals surface area contributed by atoms with Gasteiger partial charge in [0.25, 0.3) is 0 Å². The zero-order valence-corrected chi connectivity index (χ0v) is 11.7. The lowest BCUT2D eigenvalue weighted by Gasteiger charge is -2.41. The van der Waals surface area contributed by atoms with Gasteiger partial charge in [-0.15, -0.1) is 0 Å². The number of ether oxygens (including phenoxy) is 1. The molecule has 1 aromatic rings. The minimum Gasteiger partial charge on any atom is -0.484 e. The number of hydrogen-bond acceptors (Lipinski definition) is 4. The number of nitrogens with zero attached hydrogens (tertiary/aromatic N) is 2. The molecule has 0 saturated heterocycles. The van der Waals surface area contributed by atoms with Crippen LogP contribution in [0, 0.1) is 0 Å². The van der Waals surface area contributed by atoms with Crippen LogP contribution in [0.5, 0.6) is 5.75 Å². The van der Waals surface area contributed by atoms with E-state index in [9.17, 15) is 0 Å². The van der Waals surface area contributed by atoms with Gasteiger partial charge in [-0.3, -0.25) is 0 Å². The maximum Gasteiger partial charge on any atom is 0.145 e. The number of likely N-dealkylation sites (N-methyl/N-ethyl adjacent to an activating group) is 1. The molecular formula is C14H23N3O. The van der Waals surface area contributed by atoms with Gasteiger partial charge in [0.1, 0.15) is 17.0 Å². The Morgan fingerprint density at radius 2 is 2.11 bits per heavy atom. The number of fused-ring (bicyclic) bond motifs is 1. The van der Waals surface area contributed by atoms with Crippen molar-refractivity contribution in [2.75, 3.05) is 44.4 Å². The predicted molar refractivity (Wildman–Crippen MR) is 76.3 cm³/mol. The monoisotopic (exact) mass is 249 g/mol. The Bertz CT molecular complexity index is 429. The van der Waals surface area contributed by atoms with E-state index in [1.54, 1.807) is 0 Å². The first-order valence-electron chi connectivity index (χ1n) is 6.36. The summed E-state index contributed by atoms with van der Waals surface area (Å²) in [6.45, 7) is 7.05. The van der Waals surface area contributed by atoms with E-state index >= 15 is 0 Å². The molecule has 0 aliphatic carbocycles. The van der Waals surface area contributed by atoms with Gasteiger partial charge in [0, 0.05) is 13.1 Å². The van der Waals surface area contributed by atoms with Crippen LogP contribution < -0.4 is 15.4 Å². The van der Waals surface area contributed by atoms with Crippen LogP contribution >= 0.6 is 0 Å². The van der Waals surface area contributed by atoms with E-state index in [4.69, 9.17) is 10.5 Å². The van der Waals surface area contributed by atoms with Crippen molar-refractivity contribution in [2.24, 2.45) is 0 Å². The van der Waals surface area contributed by atoms with Crippen LogP contribution in [0.25, 0.3) is 0 Å². The fraction of sp³-hybridized carbons (Fsp3) is 0.571. The lowest BCUT2D eigenvalue weighted by atomic mass is 10.0. The fourth-order valence-corrected chi connectivity index (χ4v) is 2.34. The molecule has 0 bridgehead atoms. The summed E-state index contributed by atoms with van der Waals surface area (Å²) in [5.41, 5.74) is 7.75. The second-order valence-corrected chi connectivity index (χ2v) is 5.78. The first-order valence-corrected chi connectivity index (χ1v) is 6.36. The Balaban J connectivity index is 2.30. The molecule has 0 fully saturated rings. The number of rotatable bonds is 3. The van der Waals surface area contributed by atoms with Gasteiger partial charge in [-0.1, -0.05) is 6.07 Å². The van der Waals surface area contributed by atoms with E-state index in [1.807, 2.05) is 18.2 Å². The van der Waals surface area contributed by atoms with E-state index in [1.165, 1.54) is 0 Å². The number of nitrogens with two attached hydrogens (primary N) is 1. The van der Waals surface area contributed by atoms with Gasteiger partial charge in [-0.05, 0) is 40.1 Å². The van der Waals surface area contributed by atoms with Crippen LogP contribution in [0.4, 0.5) is 11.4 Å². The van der Waals surface area contributed by atoms with Crippen LogP contribution in [0.15, 0.2) is 18.2 Å². The summed E-state index contributed by atoms with van der Waals surface area (Å²) in [4.78, 5) is 4.51. The molecular weight excluding hydrogens is 226 g/mol. The van der Waals surface area contributed by atoms with E-state index in [0.717, 1.165) is 36.8 Å². The molecule has 0 unspecified atom stereocenters. The summed E-state index contributed by atoms with van der Waals surface area (Å²) in [7, 11) is 4.17. The molecule has 0 aromatic heterocycles. The second kappa shape index (κ2) is 4.69. The largest absolute Gasteiger partial charge is 0.484 e. The third kappa shape index (κ3) is 2.70. The number of nitrogen functional groups attached to an aromatic ring is 1. The number of benzene rings is 1. The van der Waals surface area contributed by atoms with Gasteiger partial charge in [-0.2, -0.15) is 0 Å². The number of anilines is 2. The van der Waals surface area contributed by atoms with E-state index in [0.29, 0.717) is 0 Å². The van der Waals surface area contributed by atoms with Crippen molar-refractivity contribution in [3.63, 3.8) is 0 Å². The van der Waals surface area contributed by atoms with Crippen LogP contribution in [-0.2, 0) is 0 Å². The van der Waals surface area contributed by atoms with Crippen molar-refractivity contribution >= 4 is 11.4 Å². The van der Waals surface area contributed by atoms with Crippen LogP contribution in [0.1, 0.15) is 13.8 Å². The molecule has 0 saturated carbocycles. The van der Waals surface area contributed by atoms with Crippen LogP contribution in [-0.4, -0.2) is 44.2 Å². The molecule has 1 aliphatic rings. The van der Waals surface area contributed by atoms with E-state index in [-0.39, 0.29) is 5.60 Å². The molecule has 2 N–H and O–H groups in total. The predicted octanol–water partition coefficient (Wildman–Crippen LogP) is 1.81. The lowest BCUT2D eigenvalue weighted by molar-refractivity contribution is 0.105. The van der Waals surface area contributed by atoms with Gasteiger partial charge < -0.3 is 20.3 Å². The molecule has 2 rings (SSSR count). The van der Waals surface area contributed by atoms with Crippen molar-refractivity contribution in [2.45, 2.75) is 19.4 Å². The van der Waals surface area contributed by atoms with Gasteiger partial charge in [0.2, 0.25) is 0 Å². The van der Waals surface area contributed by atoms with Gasteiger partial charge in [0.05, 0.1) is 12.2 Å². The standard InChI is InChI=1S/C14H23N3O/c1-14(2)10-17(9-8-16(3)4)13-11(15)6-5-7-12(13)18-14/h5-7H,8-10,15H2,1-4H3. The van der Waals surface area contributed by atoms with Crippen LogP contribution in [0.3, 0.4) is 0 Å². The minimum atomic E-state index is -0.174. The topological polar surface area (TPSA) is 41.7 Å². The van der Waals surface area contributed by atoms with Crippen molar-refractivity contribution in [3.8, 4) is 5.75 Å². The Labute approximate surface area is 109 Å².